The number of aliphatic hydroxyl groups excluding tert-OH is 1. The highest BCUT2D eigenvalue weighted by Gasteiger charge is 2.40. The van der Waals surface area contributed by atoms with Crippen molar-refractivity contribution in [1.29, 1.82) is 5.26 Å². The topological polar surface area (TPSA) is 95.7 Å². The van der Waals surface area contributed by atoms with Gasteiger partial charge in [-0.15, -0.1) is 0 Å². The predicted octanol–water partition coefficient (Wildman–Crippen LogP) is 4.50. The molecule has 2 aromatic carbocycles. The Labute approximate surface area is 241 Å². The minimum absolute atomic E-state index is 0.0696. The van der Waals surface area contributed by atoms with Crippen LogP contribution in [0.15, 0.2) is 54.7 Å². The summed E-state index contributed by atoms with van der Waals surface area (Å²) in [6.45, 7) is 8.69. The quantitative estimate of drug-likeness (QED) is 0.462. The fourth-order valence-corrected chi connectivity index (χ4v) is 6.03. The number of aryl methyl sites for hydroxylation is 2. The fourth-order valence-electron chi connectivity index (χ4n) is 6.03. The van der Waals surface area contributed by atoms with Crippen LogP contribution < -0.4 is 15.1 Å². The first kappa shape index (κ1) is 28.4. The Morgan fingerprint density at radius 2 is 1.88 bits per heavy atom. The number of amides is 1. The molecule has 2 saturated heterocycles. The SMILES string of the molecule is Cc1cc(C)c(C(=O)N2CCN(c3ccc(F)cn3)[C@@](C)(CO)C2)cc1NC1CCN(c2ccccc2C#N)CC1. The number of halogens is 1. The number of anilines is 3. The van der Waals surface area contributed by atoms with Gasteiger partial charge in [0.15, 0.2) is 0 Å². The van der Waals surface area contributed by atoms with Crippen molar-refractivity contribution < 1.29 is 14.3 Å². The molecular formula is C32H37FN6O2. The number of carbonyl (C=O) groups excluding carboxylic acids is 1. The van der Waals surface area contributed by atoms with E-state index < -0.39 is 11.4 Å². The maximum atomic E-state index is 13.8. The highest BCUT2D eigenvalue weighted by molar-refractivity contribution is 5.97. The van der Waals surface area contributed by atoms with Crippen LogP contribution in [0.5, 0.6) is 0 Å². The maximum Gasteiger partial charge on any atom is 0.254 e. The number of hydrogen-bond acceptors (Lipinski definition) is 7. The summed E-state index contributed by atoms with van der Waals surface area (Å²) in [5.74, 6) is 0.0949. The predicted molar refractivity (Wildman–Crippen MR) is 159 cm³/mol. The molecule has 0 spiro atoms. The van der Waals surface area contributed by atoms with Crippen molar-refractivity contribution in [3.05, 3.63) is 82.8 Å². The van der Waals surface area contributed by atoms with E-state index in [2.05, 4.69) is 34.3 Å². The lowest BCUT2D eigenvalue weighted by Crippen LogP contribution is -2.64. The molecule has 0 aliphatic carbocycles. The van der Waals surface area contributed by atoms with E-state index in [4.69, 9.17) is 0 Å². The van der Waals surface area contributed by atoms with Crippen molar-refractivity contribution >= 4 is 23.1 Å². The molecule has 3 aromatic rings. The lowest BCUT2D eigenvalue weighted by atomic mass is 9.95. The van der Waals surface area contributed by atoms with Crippen LogP contribution in [-0.4, -0.2) is 71.8 Å². The summed E-state index contributed by atoms with van der Waals surface area (Å²) in [7, 11) is 0. The molecule has 2 aliphatic rings. The molecule has 5 rings (SSSR count). The standard InChI is InChI=1S/C32H37FN6O2/c1-22-16-23(2)28(36-26-10-12-37(13-11-26)29-7-5-4-6-24(29)18-34)17-27(22)31(41)38-14-15-39(32(3,20-38)21-40)30-9-8-25(33)19-35-30/h4-9,16-17,19,26,36,40H,10-15,20-21H2,1-3H3/t32-/m1/s1. The van der Waals surface area contributed by atoms with Crippen LogP contribution in [-0.2, 0) is 0 Å². The highest BCUT2D eigenvalue weighted by Crippen LogP contribution is 2.30. The minimum Gasteiger partial charge on any atom is -0.394 e. The number of rotatable bonds is 6. The number of benzene rings is 2. The van der Waals surface area contributed by atoms with Gasteiger partial charge in [0, 0.05) is 50.0 Å². The normalized spacial score (nSPS) is 19.7. The zero-order valence-corrected chi connectivity index (χ0v) is 23.9. The monoisotopic (exact) mass is 556 g/mol. The molecule has 214 valence electrons. The number of hydrogen-bond donors (Lipinski definition) is 2. The zero-order valence-electron chi connectivity index (χ0n) is 23.9. The second-order valence-electron chi connectivity index (χ2n) is 11.4. The smallest absolute Gasteiger partial charge is 0.254 e. The number of nitrogens with one attached hydrogen (secondary N) is 1. The number of piperidine rings is 1. The second kappa shape index (κ2) is 11.8. The van der Waals surface area contributed by atoms with Crippen molar-refractivity contribution in [3.8, 4) is 6.07 Å². The molecule has 1 amide bonds. The largest absolute Gasteiger partial charge is 0.394 e. The first-order chi connectivity index (χ1) is 19.7. The number of pyridine rings is 1. The summed E-state index contributed by atoms with van der Waals surface area (Å²) in [4.78, 5) is 24.0. The molecule has 8 nitrogen and oxygen atoms in total. The number of nitrogens with zero attached hydrogens (tertiary/aromatic N) is 5. The van der Waals surface area contributed by atoms with Crippen LogP contribution in [0.3, 0.4) is 0 Å². The Morgan fingerprint density at radius 1 is 1.12 bits per heavy atom. The number of piperazine rings is 1. The molecule has 1 aromatic heterocycles. The Bertz CT molecular complexity index is 1450. The molecule has 9 heteroatoms. The third kappa shape index (κ3) is 5.84. The molecule has 2 N–H and O–H groups in total. The molecule has 1 atom stereocenters. The Hall–Kier alpha value is -4.16. The molecular weight excluding hydrogens is 519 g/mol. The minimum atomic E-state index is -0.753. The third-order valence-corrected chi connectivity index (χ3v) is 8.41. The molecule has 41 heavy (non-hydrogen) atoms. The molecule has 0 saturated carbocycles. The van der Waals surface area contributed by atoms with Gasteiger partial charge in [0.05, 0.1) is 29.6 Å². The van der Waals surface area contributed by atoms with E-state index in [0.29, 0.717) is 36.6 Å². The van der Waals surface area contributed by atoms with Gasteiger partial charge >= 0.3 is 0 Å². The average Bonchev–Trinajstić information content (AvgIpc) is 2.99. The summed E-state index contributed by atoms with van der Waals surface area (Å²) in [6, 6.07) is 17.3. The lowest BCUT2D eigenvalue weighted by Gasteiger charge is -2.48. The van der Waals surface area contributed by atoms with Crippen molar-refractivity contribution in [2.75, 3.05) is 54.4 Å². The van der Waals surface area contributed by atoms with Gasteiger partial charge in [-0.3, -0.25) is 4.79 Å². The molecule has 3 heterocycles. The van der Waals surface area contributed by atoms with E-state index in [0.717, 1.165) is 48.4 Å². The number of aliphatic hydroxyl groups is 1. The van der Waals surface area contributed by atoms with Crippen LogP contribution >= 0.6 is 0 Å². The van der Waals surface area contributed by atoms with Gasteiger partial charge in [-0.05, 0) is 75.1 Å². The Balaban J connectivity index is 1.28. The average molecular weight is 557 g/mol. The Morgan fingerprint density at radius 3 is 2.56 bits per heavy atom. The molecule has 0 unspecified atom stereocenters. The summed E-state index contributed by atoms with van der Waals surface area (Å²) in [6.07, 6.45) is 3.01. The van der Waals surface area contributed by atoms with Gasteiger partial charge in [0.25, 0.3) is 5.91 Å². The number of nitriles is 1. The number of carbonyl (C=O) groups is 1. The first-order valence-electron chi connectivity index (χ1n) is 14.1. The van der Waals surface area contributed by atoms with Gasteiger partial charge in [-0.2, -0.15) is 5.26 Å². The first-order valence-corrected chi connectivity index (χ1v) is 14.1. The van der Waals surface area contributed by atoms with Gasteiger partial charge in [-0.1, -0.05) is 18.2 Å². The number of para-hydroxylation sites is 1. The van der Waals surface area contributed by atoms with Crippen LogP contribution in [0.25, 0.3) is 0 Å². The summed E-state index contributed by atoms with van der Waals surface area (Å²) in [5.41, 5.74) is 4.52. The Kier molecular flexibility index (Phi) is 8.13. The van der Waals surface area contributed by atoms with E-state index in [1.807, 2.05) is 49.1 Å². The van der Waals surface area contributed by atoms with Gasteiger partial charge < -0.3 is 25.1 Å². The van der Waals surface area contributed by atoms with Crippen molar-refractivity contribution in [2.45, 2.75) is 45.2 Å². The van der Waals surface area contributed by atoms with E-state index in [1.54, 1.807) is 11.0 Å². The third-order valence-electron chi connectivity index (χ3n) is 8.41. The van der Waals surface area contributed by atoms with Crippen molar-refractivity contribution in [3.63, 3.8) is 0 Å². The van der Waals surface area contributed by atoms with Crippen LogP contribution in [0.4, 0.5) is 21.6 Å². The van der Waals surface area contributed by atoms with Crippen LogP contribution in [0, 0.1) is 31.0 Å². The van der Waals surface area contributed by atoms with Gasteiger partial charge in [0.1, 0.15) is 17.7 Å². The lowest BCUT2D eigenvalue weighted by molar-refractivity contribution is 0.0611. The molecule has 0 radical (unpaired) electrons. The number of aromatic nitrogens is 1. The maximum absolute atomic E-state index is 13.8. The van der Waals surface area contributed by atoms with E-state index in [1.165, 1.54) is 12.3 Å². The second-order valence-corrected chi connectivity index (χ2v) is 11.4. The summed E-state index contributed by atoms with van der Waals surface area (Å²) in [5, 5.41) is 23.5. The summed E-state index contributed by atoms with van der Waals surface area (Å²) < 4.78 is 13.4. The van der Waals surface area contributed by atoms with Crippen molar-refractivity contribution in [2.24, 2.45) is 0 Å². The zero-order chi connectivity index (χ0) is 29.1. The van der Waals surface area contributed by atoms with Crippen LogP contribution in [0.2, 0.25) is 0 Å². The van der Waals surface area contributed by atoms with Gasteiger partial charge in [0.2, 0.25) is 0 Å². The molecule has 2 fully saturated rings. The molecule has 2 aliphatic heterocycles. The van der Waals surface area contributed by atoms with Gasteiger partial charge in [-0.25, -0.2) is 9.37 Å². The van der Waals surface area contributed by atoms with E-state index >= 15 is 0 Å². The van der Waals surface area contributed by atoms with Crippen LogP contribution in [0.1, 0.15) is 46.8 Å². The summed E-state index contributed by atoms with van der Waals surface area (Å²) >= 11 is 0. The van der Waals surface area contributed by atoms with E-state index in [-0.39, 0.29) is 18.6 Å². The van der Waals surface area contributed by atoms with E-state index in [9.17, 15) is 19.6 Å². The molecule has 0 bridgehead atoms. The van der Waals surface area contributed by atoms with Crippen molar-refractivity contribution in [1.82, 2.24) is 9.88 Å². The highest BCUT2D eigenvalue weighted by atomic mass is 19.1. The fraction of sp³-hybridized carbons (Fsp3) is 0.406.